The summed E-state index contributed by atoms with van der Waals surface area (Å²) < 4.78 is 0. The molecule has 0 bridgehead atoms. The zero-order chi connectivity index (χ0) is 19.0. The van der Waals surface area contributed by atoms with E-state index in [0.717, 1.165) is 11.1 Å². The number of hydrogen-bond acceptors (Lipinski definition) is 1. The highest BCUT2D eigenvalue weighted by Gasteiger charge is 2.26. The van der Waals surface area contributed by atoms with Crippen molar-refractivity contribution in [1.29, 1.82) is 0 Å². The van der Waals surface area contributed by atoms with Crippen molar-refractivity contribution in [1.82, 2.24) is 0 Å². The van der Waals surface area contributed by atoms with Crippen LogP contribution >= 0.6 is 0 Å². The van der Waals surface area contributed by atoms with Gasteiger partial charge in [0.05, 0.1) is 0 Å². The molecule has 0 amide bonds. The average Bonchev–Trinajstić information content (AvgIpc) is 2.51. The third kappa shape index (κ3) is 7.25. The van der Waals surface area contributed by atoms with Crippen LogP contribution in [0.15, 0.2) is 70.4 Å². The predicted molar refractivity (Wildman–Crippen MR) is 111 cm³/mol. The van der Waals surface area contributed by atoms with Crippen molar-refractivity contribution in [3.8, 4) is 0 Å². The van der Waals surface area contributed by atoms with Gasteiger partial charge in [0.15, 0.2) is 5.78 Å². The second-order valence-corrected chi connectivity index (χ2v) is 7.85. The van der Waals surface area contributed by atoms with Crippen LogP contribution < -0.4 is 0 Å². The van der Waals surface area contributed by atoms with Gasteiger partial charge in [-0.3, -0.25) is 4.79 Å². The smallest absolute Gasteiger partial charge is 0.155 e. The van der Waals surface area contributed by atoms with Crippen LogP contribution in [0.2, 0.25) is 0 Å². The van der Waals surface area contributed by atoms with Gasteiger partial charge in [0, 0.05) is 0 Å². The predicted octanol–water partition coefficient (Wildman–Crippen LogP) is 7.05. The van der Waals surface area contributed by atoms with E-state index in [4.69, 9.17) is 0 Å². The van der Waals surface area contributed by atoms with E-state index < -0.39 is 0 Å². The molecule has 0 fully saturated rings. The van der Waals surface area contributed by atoms with E-state index in [1.54, 1.807) is 6.92 Å². The number of rotatable bonds is 6. The minimum atomic E-state index is 0.115. The van der Waals surface area contributed by atoms with Gasteiger partial charge in [-0.05, 0) is 70.4 Å². The van der Waals surface area contributed by atoms with E-state index in [0.29, 0.717) is 0 Å². The Bertz CT molecular complexity index is 673. The van der Waals surface area contributed by atoms with Crippen LogP contribution in [-0.2, 0) is 4.79 Å². The summed E-state index contributed by atoms with van der Waals surface area (Å²) >= 11 is 0. The van der Waals surface area contributed by atoms with Crippen LogP contribution in [0.4, 0.5) is 0 Å². The molecule has 0 heterocycles. The van der Waals surface area contributed by atoms with Crippen LogP contribution in [-0.4, -0.2) is 5.78 Å². The fraction of sp³-hybridized carbons (Fsp3) is 0.458. The van der Waals surface area contributed by atoms with E-state index in [1.807, 2.05) is 26.0 Å². The topological polar surface area (TPSA) is 17.1 Å². The largest absolute Gasteiger partial charge is 0.295 e. The van der Waals surface area contributed by atoms with Gasteiger partial charge in [0.25, 0.3) is 0 Å². The van der Waals surface area contributed by atoms with Gasteiger partial charge in [-0.25, -0.2) is 0 Å². The number of ketones is 1. The Hall–Kier alpha value is -1.89. The highest BCUT2D eigenvalue weighted by molar-refractivity contribution is 5.92. The summed E-state index contributed by atoms with van der Waals surface area (Å²) in [4.78, 5) is 11.2. The van der Waals surface area contributed by atoms with Crippen molar-refractivity contribution in [2.24, 2.45) is 5.41 Å². The highest BCUT2D eigenvalue weighted by atomic mass is 16.1. The van der Waals surface area contributed by atoms with E-state index in [-0.39, 0.29) is 11.2 Å². The Balaban J connectivity index is 2.77. The van der Waals surface area contributed by atoms with Gasteiger partial charge < -0.3 is 0 Å². The quantitative estimate of drug-likeness (QED) is 0.374. The van der Waals surface area contributed by atoms with Gasteiger partial charge in [-0.1, -0.05) is 73.1 Å². The lowest BCUT2D eigenvalue weighted by atomic mass is 9.72. The van der Waals surface area contributed by atoms with Gasteiger partial charge in [-0.2, -0.15) is 0 Å². The van der Waals surface area contributed by atoms with Crippen LogP contribution in [0.3, 0.4) is 0 Å². The second kappa shape index (κ2) is 9.56. The van der Waals surface area contributed by atoms with E-state index >= 15 is 0 Å². The fourth-order valence-electron chi connectivity index (χ4n) is 3.06. The lowest BCUT2D eigenvalue weighted by molar-refractivity contribution is -0.113. The number of Topliss-reactive ketones (excluding diaryl/α,β-unsaturated/α-hetero) is 1. The molecule has 25 heavy (non-hydrogen) atoms. The van der Waals surface area contributed by atoms with Crippen molar-refractivity contribution < 1.29 is 4.79 Å². The maximum absolute atomic E-state index is 11.2. The average molecular weight is 339 g/mol. The Kier molecular flexibility index (Phi) is 8.09. The molecule has 0 radical (unpaired) electrons. The van der Waals surface area contributed by atoms with Crippen LogP contribution in [0.5, 0.6) is 0 Å². The normalized spacial score (nSPS) is 20.0. The van der Waals surface area contributed by atoms with Crippen molar-refractivity contribution in [3.05, 3.63) is 70.4 Å². The molecule has 1 aliphatic carbocycles. The first-order valence-corrected chi connectivity index (χ1v) is 9.23. The molecule has 1 heteroatoms. The second-order valence-electron chi connectivity index (χ2n) is 7.85. The van der Waals surface area contributed by atoms with Crippen LogP contribution in [0.25, 0.3) is 0 Å². The van der Waals surface area contributed by atoms with Gasteiger partial charge in [0.1, 0.15) is 0 Å². The molecule has 0 saturated carbocycles. The minimum absolute atomic E-state index is 0.115. The molecule has 0 unspecified atom stereocenters. The molecule has 0 aliphatic heterocycles. The lowest BCUT2D eigenvalue weighted by Crippen LogP contribution is -2.19. The van der Waals surface area contributed by atoms with E-state index in [1.165, 1.54) is 36.0 Å². The number of hydrogen-bond donors (Lipinski definition) is 0. The van der Waals surface area contributed by atoms with Crippen LogP contribution in [0, 0.1) is 5.41 Å². The van der Waals surface area contributed by atoms with Crippen molar-refractivity contribution >= 4 is 5.78 Å². The molecule has 0 saturated heterocycles. The fourth-order valence-corrected chi connectivity index (χ4v) is 3.06. The third-order valence-corrected chi connectivity index (χ3v) is 4.93. The van der Waals surface area contributed by atoms with Gasteiger partial charge >= 0.3 is 0 Å². The molecule has 1 aliphatic rings. The summed E-state index contributed by atoms with van der Waals surface area (Å²) in [6.45, 7) is 14.6. The van der Waals surface area contributed by atoms with Crippen LogP contribution in [0.1, 0.15) is 67.7 Å². The third-order valence-electron chi connectivity index (χ3n) is 4.93. The first-order valence-electron chi connectivity index (χ1n) is 9.23. The highest BCUT2D eigenvalue weighted by Crippen LogP contribution is 2.40. The molecule has 0 aromatic rings. The van der Waals surface area contributed by atoms with Crippen molar-refractivity contribution in [2.75, 3.05) is 0 Å². The monoisotopic (exact) mass is 338 g/mol. The van der Waals surface area contributed by atoms with Crippen molar-refractivity contribution in [3.63, 3.8) is 0 Å². The molecule has 0 aromatic heterocycles. The number of carbonyl (C=O) groups excluding carboxylic acids is 1. The first-order chi connectivity index (χ1) is 11.6. The summed E-state index contributed by atoms with van der Waals surface area (Å²) in [6, 6.07) is 0. The molecule has 0 aromatic carbocycles. The Morgan fingerprint density at radius 2 is 1.60 bits per heavy atom. The summed E-state index contributed by atoms with van der Waals surface area (Å²) in [5, 5.41) is 0. The molecular weight excluding hydrogens is 304 g/mol. The van der Waals surface area contributed by atoms with E-state index in [2.05, 4.69) is 58.1 Å². The standard InChI is InChI=1S/C24H34O/c1-18(13-15-20(3)22(5)25)10-8-11-19(2)14-16-23-21(4)12-9-17-24(23,6)7/h8,10-11,13-16H,9,12,17H2,1-7H3/b10-8+,16-14+,18-13+,19-11+,20-15+. The summed E-state index contributed by atoms with van der Waals surface area (Å²) in [6.07, 6.45) is 18.4. The molecule has 1 rings (SSSR count). The maximum atomic E-state index is 11.2. The summed E-state index contributed by atoms with van der Waals surface area (Å²) in [5.41, 5.74) is 6.46. The van der Waals surface area contributed by atoms with Gasteiger partial charge in [0.2, 0.25) is 0 Å². The zero-order valence-electron chi connectivity index (χ0n) is 17.1. The number of allylic oxidation sites excluding steroid dienone is 12. The molecule has 1 nitrogen and oxygen atoms in total. The molecule has 0 atom stereocenters. The lowest BCUT2D eigenvalue weighted by Gasteiger charge is -2.32. The molecule has 0 spiro atoms. The Morgan fingerprint density at radius 3 is 2.20 bits per heavy atom. The van der Waals surface area contributed by atoms with Crippen molar-refractivity contribution in [2.45, 2.75) is 67.7 Å². The molecule has 0 N–H and O–H groups in total. The maximum Gasteiger partial charge on any atom is 0.155 e. The number of carbonyl (C=O) groups is 1. The summed E-state index contributed by atoms with van der Waals surface area (Å²) in [7, 11) is 0. The Morgan fingerprint density at radius 1 is 0.960 bits per heavy atom. The minimum Gasteiger partial charge on any atom is -0.295 e. The first kappa shape index (κ1) is 21.2. The van der Waals surface area contributed by atoms with E-state index in [9.17, 15) is 4.79 Å². The van der Waals surface area contributed by atoms with Gasteiger partial charge in [-0.15, -0.1) is 0 Å². The SMILES string of the molecule is CC(=O)/C(C)=C/C=C(C)/C=C/C=C(C)/C=C/C1=C(C)CCCC1(C)C. The summed E-state index contributed by atoms with van der Waals surface area (Å²) in [5.74, 6) is 0.115. The molecule has 136 valence electrons. The Labute approximate surface area is 154 Å². The molecular formula is C24H34O. The zero-order valence-corrected chi connectivity index (χ0v) is 17.1.